The van der Waals surface area contributed by atoms with Gasteiger partial charge in [0, 0.05) is 37.8 Å². The molecule has 124 valence electrons. The molecule has 0 spiro atoms. The summed E-state index contributed by atoms with van der Waals surface area (Å²) in [6.07, 6.45) is -0.226. The maximum absolute atomic E-state index is 12.2. The second kappa shape index (κ2) is 6.28. The number of carbonyl (C=O) groups is 1. The van der Waals surface area contributed by atoms with Gasteiger partial charge in [0.2, 0.25) is 0 Å². The molecule has 0 radical (unpaired) electrons. The highest BCUT2D eigenvalue weighted by molar-refractivity contribution is 5.68. The van der Waals surface area contributed by atoms with Gasteiger partial charge in [0.25, 0.3) is 0 Å². The van der Waals surface area contributed by atoms with Crippen molar-refractivity contribution in [2.45, 2.75) is 59.7 Å². The average molecular weight is 309 g/mol. The van der Waals surface area contributed by atoms with E-state index in [0.717, 1.165) is 30.1 Å². The molecule has 1 fully saturated rings. The van der Waals surface area contributed by atoms with Crippen molar-refractivity contribution in [1.29, 1.82) is 0 Å². The maximum Gasteiger partial charge on any atom is 0.410 e. The van der Waals surface area contributed by atoms with Crippen LogP contribution in [0.15, 0.2) is 4.52 Å². The number of hydrogen-bond acceptors (Lipinski definition) is 5. The van der Waals surface area contributed by atoms with Crippen LogP contribution in [0.25, 0.3) is 0 Å². The van der Waals surface area contributed by atoms with Crippen molar-refractivity contribution < 1.29 is 14.1 Å². The zero-order valence-electron chi connectivity index (χ0n) is 14.5. The average Bonchev–Trinajstić information content (AvgIpc) is 2.70. The standard InChI is InChI=1S/C16H27N3O3/c1-11-9-19(15(20)21-16(4,5)6)8-7-18(11)10-14-12(2)17-22-13(14)3/h11H,7-10H2,1-6H3/t11-/m1/s1. The Bertz CT molecular complexity index is 514. The van der Waals surface area contributed by atoms with Crippen LogP contribution in [-0.2, 0) is 11.3 Å². The number of amides is 1. The van der Waals surface area contributed by atoms with E-state index < -0.39 is 5.60 Å². The largest absolute Gasteiger partial charge is 0.444 e. The zero-order valence-corrected chi connectivity index (χ0v) is 14.5. The number of piperazine rings is 1. The zero-order chi connectivity index (χ0) is 16.5. The first-order valence-corrected chi connectivity index (χ1v) is 7.81. The first-order valence-electron chi connectivity index (χ1n) is 7.81. The van der Waals surface area contributed by atoms with Gasteiger partial charge in [-0.3, -0.25) is 4.90 Å². The molecule has 0 saturated carbocycles. The fourth-order valence-electron chi connectivity index (χ4n) is 2.65. The summed E-state index contributed by atoms with van der Waals surface area (Å²) in [5.41, 5.74) is 1.64. The summed E-state index contributed by atoms with van der Waals surface area (Å²) in [4.78, 5) is 16.3. The Morgan fingerprint density at radius 2 is 2.05 bits per heavy atom. The Morgan fingerprint density at radius 1 is 1.36 bits per heavy atom. The van der Waals surface area contributed by atoms with Crippen LogP contribution >= 0.6 is 0 Å². The van der Waals surface area contributed by atoms with Crippen molar-refractivity contribution in [3.8, 4) is 0 Å². The number of rotatable bonds is 2. The summed E-state index contributed by atoms with van der Waals surface area (Å²) in [5, 5.41) is 4.00. The Hall–Kier alpha value is -1.56. The molecule has 2 rings (SSSR count). The molecule has 0 unspecified atom stereocenters. The lowest BCUT2D eigenvalue weighted by Gasteiger charge is -2.40. The molecule has 1 aromatic heterocycles. The summed E-state index contributed by atoms with van der Waals surface area (Å²) < 4.78 is 10.7. The van der Waals surface area contributed by atoms with E-state index in [0.29, 0.717) is 13.1 Å². The van der Waals surface area contributed by atoms with E-state index >= 15 is 0 Å². The first kappa shape index (κ1) is 16.8. The lowest BCUT2D eigenvalue weighted by atomic mass is 10.1. The summed E-state index contributed by atoms with van der Waals surface area (Å²) in [5.74, 6) is 0.874. The Kier molecular flexibility index (Phi) is 4.80. The van der Waals surface area contributed by atoms with Crippen LogP contribution in [0.3, 0.4) is 0 Å². The third-order valence-corrected chi connectivity index (χ3v) is 3.96. The van der Waals surface area contributed by atoms with Gasteiger partial charge in [0.1, 0.15) is 11.4 Å². The third kappa shape index (κ3) is 4.00. The molecular formula is C16H27N3O3. The number of hydrogen-bond donors (Lipinski definition) is 0. The van der Waals surface area contributed by atoms with Gasteiger partial charge < -0.3 is 14.2 Å². The van der Waals surface area contributed by atoms with Crippen LogP contribution in [0.5, 0.6) is 0 Å². The molecule has 6 nitrogen and oxygen atoms in total. The molecule has 1 amide bonds. The van der Waals surface area contributed by atoms with Crippen LogP contribution in [0.2, 0.25) is 0 Å². The molecule has 1 aromatic rings. The maximum atomic E-state index is 12.2. The summed E-state index contributed by atoms with van der Waals surface area (Å²) in [6.45, 7) is 14.7. The highest BCUT2D eigenvalue weighted by atomic mass is 16.6. The van der Waals surface area contributed by atoms with Crippen molar-refractivity contribution in [1.82, 2.24) is 15.0 Å². The van der Waals surface area contributed by atoms with Crippen molar-refractivity contribution >= 4 is 6.09 Å². The van der Waals surface area contributed by atoms with Gasteiger partial charge in [-0.15, -0.1) is 0 Å². The minimum absolute atomic E-state index is 0.226. The van der Waals surface area contributed by atoms with Crippen molar-refractivity contribution in [3.63, 3.8) is 0 Å². The molecular weight excluding hydrogens is 282 g/mol. The van der Waals surface area contributed by atoms with Crippen molar-refractivity contribution in [3.05, 3.63) is 17.0 Å². The van der Waals surface area contributed by atoms with Crippen LogP contribution in [0, 0.1) is 13.8 Å². The Labute approximate surface area is 132 Å². The van der Waals surface area contributed by atoms with Gasteiger partial charge in [-0.05, 0) is 41.5 Å². The fourth-order valence-corrected chi connectivity index (χ4v) is 2.65. The van der Waals surface area contributed by atoms with E-state index in [4.69, 9.17) is 9.26 Å². The van der Waals surface area contributed by atoms with E-state index in [1.807, 2.05) is 34.6 Å². The number of nitrogens with zero attached hydrogens (tertiary/aromatic N) is 3. The van der Waals surface area contributed by atoms with Gasteiger partial charge in [0.15, 0.2) is 0 Å². The second-order valence-corrected chi connectivity index (χ2v) is 7.05. The van der Waals surface area contributed by atoms with Crippen LogP contribution < -0.4 is 0 Å². The van der Waals surface area contributed by atoms with E-state index in [2.05, 4.69) is 17.0 Å². The highest BCUT2D eigenvalue weighted by Crippen LogP contribution is 2.20. The fraction of sp³-hybridized carbons (Fsp3) is 0.750. The molecule has 1 aliphatic heterocycles. The predicted octanol–water partition coefficient (Wildman–Crippen LogP) is 2.73. The van der Waals surface area contributed by atoms with E-state index in [-0.39, 0.29) is 12.1 Å². The minimum atomic E-state index is -0.450. The SMILES string of the molecule is Cc1noc(C)c1CN1CCN(C(=O)OC(C)(C)C)C[C@H]1C. The van der Waals surface area contributed by atoms with Gasteiger partial charge in [-0.1, -0.05) is 5.16 Å². The van der Waals surface area contributed by atoms with Crippen molar-refractivity contribution in [2.75, 3.05) is 19.6 Å². The molecule has 1 saturated heterocycles. The van der Waals surface area contributed by atoms with Gasteiger partial charge in [-0.25, -0.2) is 4.79 Å². The van der Waals surface area contributed by atoms with Crippen molar-refractivity contribution in [2.24, 2.45) is 0 Å². The van der Waals surface area contributed by atoms with E-state index in [1.54, 1.807) is 4.90 Å². The second-order valence-electron chi connectivity index (χ2n) is 7.05. The van der Waals surface area contributed by atoms with Gasteiger partial charge in [-0.2, -0.15) is 0 Å². The van der Waals surface area contributed by atoms with Crippen LogP contribution in [-0.4, -0.2) is 52.3 Å². The summed E-state index contributed by atoms with van der Waals surface area (Å²) in [7, 11) is 0. The predicted molar refractivity (Wildman–Crippen MR) is 83.7 cm³/mol. The molecule has 0 aromatic carbocycles. The first-order chi connectivity index (χ1) is 10.2. The quantitative estimate of drug-likeness (QED) is 0.840. The van der Waals surface area contributed by atoms with E-state index in [1.165, 1.54) is 0 Å². The molecule has 0 bridgehead atoms. The van der Waals surface area contributed by atoms with E-state index in [9.17, 15) is 4.79 Å². The number of aromatic nitrogens is 1. The topological polar surface area (TPSA) is 58.8 Å². The molecule has 22 heavy (non-hydrogen) atoms. The molecule has 1 aliphatic rings. The third-order valence-electron chi connectivity index (χ3n) is 3.96. The molecule has 0 aliphatic carbocycles. The Morgan fingerprint density at radius 3 is 2.55 bits per heavy atom. The van der Waals surface area contributed by atoms with Gasteiger partial charge >= 0.3 is 6.09 Å². The lowest BCUT2D eigenvalue weighted by Crippen LogP contribution is -2.54. The monoisotopic (exact) mass is 309 g/mol. The van der Waals surface area contributed by atoms with Gasteiger partial charge in [0.05, 0.1) is 5.69 Å². The summed E-state index contributed by atoms with van der Waals surface area (Å²) >= 11 is 0. The molecule has 6 heteroatoms. The molecule has 1 atom stereocenters. The summed E-state index contributed by atoms with van der Waals surface area (Å²) in [6, 6.07) is 0.273. The highest BCUT2D eigenvalue weighted by Gasteiger charge is 2.30. The number of ether oxygens (including phenoxy) is 1. The number of carbonyl (C=O) groups excluding carboxylic acids is 1. The lowest BCUT2D eigenvalue weighted by molar-refractivity contribution is 0.00452. The van der Waals surface area contributed by atoms with Crippen LogP contribution in [0.1, 0.15) is 44.7 Å². The molecule has 2 heterocycles. The number of aryl methyl sites for hydroxylation is 2. The normalized spacial score (nSPS) is 20.3. The minimum Gasteiger partial charge on any atom is -0.444 e. The molecule has 0 N–H and O–H groups in total. The smallest absolute Gasteiger partial charge is 0.410 e. The van der Waals surface area contributed by atoms with Crippen LogP contribution in [0.4, 0.5) is 4.79 Å². The Balaban J connectivity index is 1.94.